The minimum Gasteiger partial charge on any atom is -0.494 e. The third-order valence-corrected chi connectivity index (χ3v) is 4.72. The van der Waals surface area contributed by atoms with Crippen molar-refractivity contribution in [3.05, 3.63) is 53.6 Å². The normalized spacial score (nSPS) is 18.4. The molecule has 0 bridgehead atoms. The van der Waals surface area contributed by atoms with E-state index in [-0.39, 0.29) is 18.7 Å². The molecule has 1 fully saturated rings. The number of carbonyl (C=O) groups excluding carboxylic acids is 1. The van der Waals surface area contributed by atoms with Gasteiger partial charge in [0.1, 0.15) is 5.75 Å². The summed E-state index contributed by atoms with van der Waals surface area (Å²) in [7, 11) is 0. The zero-order valence-corrected chi connectivity index (χ0v) is 14.2. The maximum Gasteiger partial charge on any atom is 0.258 e. The molecule has 2 aromatic rings. The third-order valence-electron chi connectivity index (χ3n) is 4.72. The standard InChI is InChI=1S/C20H21NO4/c1-2-23-15-10-8-14(9-11-15)17-6-4-12-21(17)20(22)16-5-3-7-18-19(16)25-13-24-18/h3,5,7-11,17H,2,4,6,12-13H2,1H3/t17-/m1/s1. The van der Waals surface area contributed by atoms with E-state index in [0.717, 1.165) is 30.7 Å². The van der Waals surface area contributed by atoms with E-state index in [9.17, 15) is 4.79 Å². The Morgan fingerprint density at radius 1 is 1.20 bits per heavy atom. The van der Waals surface area contributed by atoms with Gasteiger partial charge in [0, 0.05) is 6.54 Å². The van der Waals surface area contributed by atoms with Crippen LogP contribution in [0.5, 0.6) is 17.2 Å². The number of benzene rings is 2. The molecular weight excluding hydrogens is 318 g/mol. The first-order chi connectivity index (χ1) is 12.3. The lowest BCUT2D eigenvalue weighted by Gasteiger charge is -2.25. The van der Waals surface area contributed by atoms with Gasteiger partial charge in [-0.05, 0) is 49.6 Å². The van der Waals surface area contributed by atoms with Crippen LogP contribution in [0.25, 0.3) is 0 Å². The molecule has 1 atom stereocenters. The van der Waals surface area contributed by atoms with Crippen molar-refractivity contribution in [3.8, 4) is 17.2 Å². The molecule has 0 N–H and O–H groups in total. The van der Waals surface area contributed by atoms with E-state index in [1.807, 2.05) is 42.2 Å². The van der Waals surface area contributed by atoms with E-state index in [0.29, 0.717) is 23.7 Å². The van der Waals surface area contributed by atoms with Gasteiger partial charge in [-0.3, -0.25) is 4.79 Å². The van der Waals surface area contributed by atoms with Crippen LogP contribution in [-0.2, 0) is 0 Å². The molecule has 25 heavy (non-hydrogen) atoms. The first-order valence-corrected chi connectivity index (χ1v) is 8.70. The minimum atomic E-state index is -0.00117. The Balaban J connectivity index is 1.59. The minimum absolute atomic E-state index is 0.00117. The second-order valence-corrected chi connectivity index (χ2v) is 6.20. The van der Waals surface area contributed by atoms with Crippen LogP contribution in [0.2, 0.25) is 0 Å². The Morgan fingerprint density at radius 3 is 2.84 bits per heavy atom. The maximum atomic E-state index is 13.1. The summed E-state index contributed by atoms with van der Waals surface area (Å²) in [5.74, 6) is 2.06. The second kappa shape index (κ2) is 6.67. The molecule has 1 saturated heterocycles. The van der Waals surface area contributed by atoms with E-state index < -0.39 is 0 Å². The van der Waals surface area contributed by atoms with Crippen LogP contribution in [0.4, 0.5) is 0 Å². The highest BCUT2D eigenvalue weighted by molar-refractivity contribution is 5.98. The highest BCUT2D eigenvalue weighted by atomic mass is 16.7. The summed E-state index contributed by atoms with van der Waals surface area (Å²) in [5.41, 5.74) is 1.71. The van der Waals surface area contributed by atoms with Gasteiger partial charge in [0.15, 0.2) is 11.5 Å². The van der Waals surface area contributed by atoms with Crippen molar-refractivity contribution in [1.82, 2.24) is 4.90 Å². The SMILES string of the molecule is CCOc1ccc([C@H]2CCCN2C(=O)c2cccc3c2OCO3)cc1. The molecule has 0 spiro atoms. The lowest BCUT2D eigenvalue weighted by molar-refractivity contribution is 0.0731. The molecule has 4 rings (SSSR count). The molecule has 2 aliphatic rings. The van der Waals surface area contributed by atoms with Crippen LogP contribution < -0.4 is 14.2 Å². The lowest BCUT2D eigenvalue weighted by Crippen LogP contribution is -2.30. The van der Waals surface area contributed by atoms with Gasteiger partial charge < -0.3 is 19.1 Å². The zero-order valence-electron chi connectivity index (χ0n) is 14.2. The second-order valence-electron chi connectivity index (χ2n) is 6.20. The quantitative estimate of drug-likeness (QED) is 0.850. The average Bonchev–Trinajstić information content (AvgIpc) is 3.31. The molecule has 5 heteroatoms. The molecule has 2 heterocycles. The molecule has 0 aromatic heterocycles. The van der Waals surface area contributed by atoms with Gasteiger partial charge in [-0.25, -0.2) is 0 Å². The summed E-state index contributed by atoms with van der Waals surface area (Å²) in [6, 6.07) is 13.6. The number of para-hydroxylation sites is 1. The van der Waals surface area contributed by atoms with Crippen molar-refractivity contribution in [2.45, 2.75) is 25.8 Å². The van der Waals surface area contributed by atoms with E-state index in [4.69, 9.17) is 14.2 Å². The largest absolute Gasteiger partial charge is 0.494 e. The number of amides is 1. The zero-order chi connectivity index (χ0) is 17.2. The summed E-state index contributed by atoms with van der Waals surface area (Å²) >= 11 is 0. The maximum absolute atomic E-state index is 13.1. The van der Waals surface area contributed by atoms with E-state index >= 15 is 0 Å². The van der Waals surface area contributed by atoms with Gasteiger partial charge in [0.25, 0.3) is 5.91 Å². The molecule has 0 aliphatic carbocycles. The van der Waals surface area contributed by atoms with Crippen molar-refractivity contribution in [2.24, 2.45) is 0 Å². The topological polar surface area (TPSA) is 48.0 Å². The molecule has 0 unspecified atom stereocenters. The molecule has 1 amide bonds. The molecule has 0 saturated carbocycles. The number of hydrogen-bond donors (Lipinski definition) is 0. The van der Waals surface area contributed by atoms with E-state index in [1.54, 1.807) is 0 Å². The molecule has 2 aliphatic heterocycles. The lowest BCUT2D eigenvalue weighted by atomic mass is 10.0. The van der Waals surface area contributed by atoms with Gasteiger partial charge in [-0.15, -0.1) is 0 Å². The first-order valence-electron chi connectivity index (χ1n) is 8.70. The highest BCUT2D eigenvalue weighted by Crippen LogP contribution is 2.39. The van der Waals surface area contributed by atoms with Crippen molar-refractivity contribution >= 4 is 5.91 Å². The van der Waals surface area contributed by atoms with Gasteiger partial charge in [-0.2, -0.15) is 0 Å². The summed E-state index contributed by atoms with van der Waals surface area (Å²) < 4.78 is 16.4. The van der Waals surface area contributed by atoms with Crippen LogP contribution in [0, 0.1) is 0 Å². The van der Waals surface area contributed by atoms with Gasteiger partial charge in [-0.1, -0.05) is 18.2 Å². The van der Waals surface area contributed by atoms with Crippen molar-refractivity contribution in [2.75, 3.05) is 19.9 Å². The summed E-state index contributed by atoms with van der Waals surface area (Å²) in [6.07, 6.45) is 1.96. The van der Waals surface area contributed by atoms with E-state index in [2.05, 4.69) is 12.1 Å². The Kier molecular flexibility index (Phi) is 4.22. The highest BCUT2D eigenvalue weighted by Gasteiger charge is 2.33. The Labute approximate surface area is 147 Å². The molecule has 130 valence electrons. The summed E-state index contributed by atoms with van der Waals surface area (Å²) in [4.78, 5) is 15.1. The fourth-order valence-electron chi connectivity index (χ4n) is 3.56. The average molecular weight is 339 g/mol. The Morgan fingerprint density at radius 2 is 2.04 bits per heavy atom. The molecule has 5 nitrogen and oxygen atoms in total. The number of fused-ring (bicyclic) bond motifs is 1. The first kappa shape index (κ1) is 15.8. The number of likely N-dealkylation sites (tertiary alicyclic amines) is 1. The smallest absolute Gasteiger partial charge is 0.258 e. The van der Waals surface area contributed by atoms with Crippen LogP contribution in [0.15, 0.2) is 42.5 Å². The van der Waals surface area contributed by atoms with Gasteiger partial charge >= 0.3 is 0 Å². The predicted octanol–water partition coefficient (Wildman–Crippen LogP) is 3.79. The number of nitrogens with zero attached hydrogens (tertiary/aromatic N) is 1. The van der Waals surface area contributed by atoms with Crippen molar-refractivity contribution in [3.63, 3.8) is 0 Å². The van der Waals surface area contributed by atoms with Crippen molar-refractivity contribution in [1.29, 1.82) is 0 Å². The number of rotatable bonds is 4. The molecular formula is C20H21NO4. The fraction of sp³-hybridized carbons (Fsp3) is 0.350. The molecule has 0 radical (unpaired) electrons. The van der Waals surface area contributed by atoms with Gasteiger partial charge in [0.2, 0.25) is 6.79 Å². The van der Waals surface area contributed by atoms with Crippen LogP contribution in [0.3, 0.4) is 0 Å². The Hall–Kier alpha value is -2.69. The molecule has 2 aromatic carbocycles. The number of hydrogen-bond acceptors (Lipinski definition) is 4. The Bertz CT molecular complexity index is 772. The number of carbonyl (C=O) groups is 1. The summed E-state index contributed by atoms with van der Waals surface area (Å²) in [6.45, 7) is 3.53. The monoisotopic (exact) mass is 339 g/mol. The van der Waals surface area contributed by atoms with E-state index in [1.165, 1.54) is 0 Å². The van der Waals surface area contributed by atoms with Crippen molar-refractivity contribution < 1.29 is 19.0 Å². The predicted molar refractivity (Wildman–Crippen MR) is 93.2 cm³/mol. The number of ether oxygens (including phenoxy) is 3. The van der Waals surface area contributed by atoms with Crippen LogP contribution in [0.1, 0.15) is 41.7 Å². The van der Waals surface area contributed by atoms with Crippen LogP contribution in [-0.4, -0.2) is 30.8 Å². The van der Waals surface area contributed by atoms with Crippen LogP contribution >= 0.6 is 0 Å². The summed E-state index contributed by atoms with van der Waals surface area (Å²) in [5, 5.41) is 0. The fourth-order valence-corrected chi connectivity index (χ4v) is 3.56. The van der Waals surface area contributed by atoms with Gasteiger partial charge in [0.05, 0.1) is 18.2 Å². The third kappa shape index (κ3) is 2.90.